The molecule has 0 fully saturated rings. The molecule has 0 aliphatic rings. The molecule has 0 heterocycles. The predicted octanol–water partition coefficient (Wildman–Crippen LogP) is 4.93. The van der Waals surface area contributed by atoms with Gasteiger partial charge in [-0.05, 0) is 39.2 Å². The highest BCUT2D eigenvalue weighted by molar-refractivity contribution is 9.10. The standard InChI is InChI=1S/C15H14Br2O2/c1-18-14-8-12(9-16)7-13(17)15(14)19-10-11-5-3-2-4-6-11/h2-8H,9-10H2,1H3. The Morgan fingerprint density at radius 3 is 2.42 bits per heavy atom. The highest BCUT2D eigenvalue weighted by atomic mass is 79.9. The van der Waals surface area contributed by atoms with E-state index in [9.17, 15) is 0 Å². The largest absolute Gasteiger partial charge is 0.493 e. The Morgan fingerprint density at radius 2 is 1.79 bits per heavy atom. The van der Waals surface area contributed by atoms with E-state index in [1.165, 1.54) is 0 Å². The van der Waals surface area contributed by atoms with E-state index in [4.69, 9.17) is 9.47 Å². The summed E-state index contributed by atoms with van der Waals surface area (Å²) in [6.45, 7) is 0.517. The number of rotatable bonds is 5. The van der Waals surface area contributed by atoms with Crippen LogP contribution in [0.2, 0.25) is 0 Å². The van der Waals surface area contributed by atoms with Gasteiger partial charge in [-0.3, -0.25) is 0 Å². The lowest BCUT2D eigenvalue weighted by atomic mass is 10.2. The zero-order valence-corrected chi connectivity index (χ0v) is 13.7. The molecule has 0 saturated heterocycles. The minimum absolute atomic E-state index is 0.517. The molecule has 0 saturated carbocycles. The van der Waals surface area contributed by atoms with Crippen LogP contribution in [-0.4, -0.2) is 7.11 Å². The van der Waals surface area contributed by atoms with Gasteiger partial charge in [0.1, 0.15) is 6.61 Å². The van der Waals surface area contributed by atoms with Crippen LogP contribution < -0.4 is 9.47 Å². The molecule has 0 radical (unpaired) electrons. The van der Waals surface area contributed by atoms with E-state index in [1.54, 1.807) is 7.11 Å². The Morgan fingerprint density at radius 1 is 1.05 bits per heavy atom. The van der Waals surface area contributed by atoms with Crippen LogP contribution in [0.15, 0.2) is 46.9 Å². The van der Waals surface area contributed by atoms with Gasteiger partial charge in [0.05, 0.1) is 11.6 Å². The molecule has 0 unspecified atom stereocenters. The third-order valence-corrected chi connectivity index (χ3v) is 3.91. The molecule has 0 aliphatic heterocycles. The second kappa shape index (κ2) is 6.96. The number of alkyl halides is 1. The minimum Gasteiger partial charge on any atom is -0.493 e. The van der Waals surface area contributed by atoms with Crippen LogP contribution in [0, 0.1) is 0 Å². The fourth-order valence-electron chi connectivity index (χ4n) is 1.72. The summed E-state index contributed by atoms with van der Waals surface area (Å²) >= 11 is 6.97. The SMILES string of the molecule is COc1cc(CBr)cc(Br)c1OCc1ccccc1. The van der Waals surface area contributed by atoms with E-state index in [0.29, 0.717) is 6.61 Å². The van der Waals surface area contributed by atoms with Gasteiger partial charge in [-0.2, -0.15) is 0 Å². The number of hydrogen-bond acceptors (Lipinski definition) is 2. The zero-order chi connectivity index (χ0) is 13.7. The van der Waals surface area contributed by atoms with E-state index in [0.717, 1.165) is 32.4 Å². The summed E-state index contributed by atoms with van der Waals surface area (Å²) in [7, 11) is 1.65. The third kappa shape index (κ3) is 3.74. The number of ether oxygens (including phenoxy) is 2. The van der Waals surface area contributed by atoms with Crippen molar-refractivity contribution >= 4 is 31.9 Å². The van der Waals surface area contributed by atoms with Crippen LogP contribution in [0.25, 0.3) is 0 Å². The summed E-state index contributed by atoms with van der Waals surface area (Å²) in [5.41, 5.74) is 2.26. The van der Waals surface area contributed by atoms with Crippen molar-refractivity contribution in [1.82, 2.24) is 0 Å². The molecule has 2 nitrogen and oxygen atoms in total. The maximum Gasteiger partial charge on any atom is 0.175 e. The lowest BCUT2D eigenvalue weighted by molar-refractivity contribution is 0.282. The van der Waals surface area contributed by atoms with Crippen LogP contribution in [0.4, 0.5) is 0 Å². The van der Waals surface area contributed by atoms with E-state index in [1.807, 2.05) is 42.5 Å². The minimum atomic E-state index is 0.517. The predicted molar refractivity (Wildman–Crippen MR) is 84.1 cm³/mol. The first-order chi connectivity index (χ1) is 9.24. The smallest absolute Gasteiger partial charge is 0.175 e. The molecule has 2 rings (SSSR count). The maximum absolute atomic E-state index is 5.86. The molecule has 19 heavy (non-hydrogen) atoms. The van der Waals surface area contributed by atoms with Crippen molar-refractivity contribution in [3.8, 4) is 11.5 Å². The number of hydrogen-bond donors (Lipinski definition) is 0. The summed E-state index contributed by atoms with van der Waals surface area (Å²) in [6.07, 6.45) is 0. The molecule has 100 valence electrons. The highest BCUT2D eigenvalue weighted by Gasteiger charge is 2.11. The van der Waals surface area contributed by atoms with Crippen molar-refractivity contribution in [2.75, 3.05) is 7.11 Å². The molecule has 2 aromatic rings. The van der Waals surface area contributed by atoms with Crippen LogP contribution in [0.3, 0.4) is 0 Å². The third-order valence-electron chi connectivity index (χ3n) is 2.67. The second-order valence-electron chi connectivity index (χ2n) is 4.02. The van der Waals surface area contributed by atoms with Gasteiger partial charge in [0.2, 0.25) is 0 Å². The van der Waals surface area contributed by atoms with E-state index in [2.05, 4.69) is 31.9 Å². The normalized spacial score (nSPS) is 10.3. The molecule has 0 aromatic heterocycles. The van der Waals surface area contributed by atoms with Gasteiger partial charge in [0, 0.05) is 5.33 Å². The summed E-state index contributed by atoms with van der Waals surface area (Å²) < 4.78 is 12.1. The molecule has 2 aromatic carbocycles. The van der Waals surface area contributed by atoms with E-state index < -0.39 is 0 Å². The van der Waals surface area contributed by atoms with Crippen LogP contribution in [0.5, 0.6) is 11.5 Å². The molecule has 0 spiro atoms. The molecular formula is C15H14Br2O2. The van der Waals surface area contributed by atoms with Gasteiger partial charge in [-0.1, -0.05) is 46.3 Å². The molecule has 0 N–H and O–H groups in total. The lowest BCUT2D eigenvalue weighted by Gasteiger charge is -2.14. The first-order valence-electron chi connectivity index (χ1n) is 5.83. The van der Waals surface area contributed by atoms with Crippen molar-refractivity contribution in [1.29, 1.82) is 0 Å². The summed E-state index contributed by atoms with van der Waals surface area (Å²) in [5, 5.41) is 0.779. The van der Waals surface area contributed by atoms with E-state index >= 15 is 0 Å². The van der Waals surface area contributed by atoms with Gasteiger partial charge < -0.3 is 9.47 Å². The van der Waals surface area contributed by atoms with Gasteiger partial charge in [-0.15, -0.1) is 0 Å². The van der Waals surface area contributed by atoms with Crippen molar-refractivity contribution in [3.05, 3.63) is 58.1 Å². The van der Waals surface area contributed by atoms with Crippen molar-refractivity contribution in [2.45, 2.75) is 11.9 Å². The number of halogens is 2. The van der Waals surface area contributed by atoms with E-state index in [-0.39, 0.29) is 0 Å². The molecule has 0 aliphatic carbocycles. The molecule has 0 bridgehead atoms. The first kappa shape index (κ1) is 14.4. The molecule has 4 heteroatoms. The van der Waals surface area contributed by atoms with Crippen LogP contribution in [0.1, 0.15) is 11.1 Å². The van der Waals surface area contributed by atoms with Gasteiger partial charge in [-0.25, -0.2) is 0 Å². The van der Waals surface area contributed by atoms with Gasteiger partial charge in [0.25, 0.3) is 0 Å². The quantitative estimate of drug-likeness (QED) is 0.679. The monoisotopic (exact) mass is 384 g/mol. The number of methoxy groups -OCH3 is 1. The lowest BCUT2D eigenvalue weighted by Crippen LogP contribution is -1.99. The zero-order valence-electron chi connectivity index (χ0n) is 10.5. The maximum atomic E-state index is 5.86. The Labute approximate surface area is 130 Å². The van der Waals surface area contributed by atoms with Crippen molar-refractivity contribution < 1.29 is 9.47 Å². The van der Waals surface area contributed by atoms with Gasteiger partial charge >= 0.3 is 0 Å². The summed E-state index contributed by atoms with van der Waals surface area (Å²) in [4.78, 5) is 0. The molecular weight excluding hydrogens is 372 g/mol. The Balaban J connectivity index is 2.20. The average Bonchev–Trinajstić information content (AvgIpc) is 2.46. The Bertz CT molecular complexity index is 541. The molecule has 0 amide bonds. The van der Waals surface area contributed by atoms with Crippen LogP contribution in [-0.2, 0) is 11.9 Å². The Kier molecular flexibility index (Phi) is 5.28. The number of benzene rings is 2. The first-order valence-corrected chi connectivity index (χ1v) is 7.75. The topological polar surface area (TPSA) is 18.5 Å². The van der Waals surface area contributed by atoms with Crippen molar-refractivity contribution in [2.24, 2.45) is 0 Å². The average molecular weight is 386 g/mol. The van der Waals surface area contributed by atoms with Gasteiger partial charge in [0.15, 0.2) is 11.5 Å². The Hall–Kier alpha value is -1.00. The van der Waals surface area contributed by atoms with Crippen LogP contribution >= 0.6 is 31.9 Å². The highest BCUT2D eigenvalue weighted by Crippen LogP contribution is 2.37. The summed E-state index contributed by atoms with van der Waals surface area (Å²) in [5.74, 6) is 1.47. The summed E-state index contributed by atoms with van der Waals surface area (Å²) in [6, 6.07) is 14.1. The molecule has 0 atom stereocenters. The van der Waals surface area contributed by atoms with Crippen molar-refractivity contribution in [3.63, 3.8) is 0 Å². The fraction of sp³-hybridized carbons (Fsp3) is 0.200. The fourth-order valence-corrected chi connectivity index (χ4v) is 2.65. The second-order valence-corrected chi connectivity index (χ2v) is 5.43.